The van der Waals surface area contributed by atoms with Crippen LogP contribution in [-0.2, 0) is 14.3 Å². The lowest BCUT2D eigenvalue weighted by Crippen LogP contribution is -2.55. The Balaban J connectivity index is 1.47. The number of hydrogen-bond acceptors (Lipinski definition) is 6. The van der Waals surface area contributed by atoms with Crippen LogP contribution in [0.4, 0.5) is 33.5 Å². The molecule has 6 atom stereocenters. The van der Waals surface area contributed by atoms with Crippen LogP contribution in [0.5, 0.6) is 5.75 Å². The number of halogens is 5. The quantitative estimate of drug-likeness (QED) is 0.545. The number of piperazine rings is 1. The highest BCUT2D eigenvalue weighted by Crippen LogP contribution is 2.55. The molecule has 2 bridgehead atoms. The third-order valence-electron chi connectivity index (χ3n) is 8.07. The predicted octanol–water partition coefficient (Wildman–Crippen LogP) is 3.91. The van der Waals surface area contributed by atoms with Gasteiger partial charge in [0.15, 0.2) is 17.2 Å². The number of anilines is 2. The van der Waals surface area contributed by atoms with Gasteiger partial charge in [-0.05, 0) is 31.9 Å². The molecule has 3 saturated heterocycles. The van der Waals surface area contributed by atoms with Gasteiger partial charge in [0.2, 0.25) is 11.7 Å². The van der Waals surface area contributed by atoms with E-state index in [0.717, 1.165) is 32.6 Å². The predicted molar refractivity (Wildman–Crippen MR) is 129 cm³/mol. The molecule has 39 heavy (non-hydrogen) atoms. The number of rotatable bonds is 5. The van der Waals surface area contributed by atoms with Crippen molar-refractivity contribution in [2.24, 2.45) is 5.92 Å². The highest BCUT2D eigenvalue weighted by Gasteiger charge is 2.66. The summed E-state index contributed by atoms with van der Waals surface area (Å²) < 4.78 is 81.3. The van der Waals surface area contributed by atoms with E-state index in [2.05, 4.69) is 15.6 Å². The second-order valence-electron chi connectivity index (χ2n) is 10.3. The Kier molecular flexibility index (Phi) is 6.78. The number of hydrogen-bond donors (Lipinski definition) is 2. The number of methoxy groups -OCH3 is 1. The maximum atomic E-state index is 14.5. The van der Waals surface area contributed by atoms with Gasteiger partial charge < -0.3 is 20.1 Å². The molecular weight excluding hydrogens is 527 g/mol. The summed E-state index contributed by atoms with van der Waals surface area (Å²) in [5, 5.41) is 5.78. The van der Waals surface area contributed by atoms with Crippen LogP contribution in [0.15, 0.2) is 30.5 Å². The third kappa shape index (κ3) is 4.50. The van der Waals surface area contributed by atoms with E-state index in [-0.39, 0.29) is 35.1 Å². The van der Waals surface area contributed by atoms with Crippen LogP contribution in [0.1, 0.15) is 38.2 Å². The van der Waals surface area contributed by atoms with E-state index >= 15 is 0 Å². The highest BCUT2D eigenvalue weighted by atomic mass is 19.4. The van der Waals surface area contributed by atoms with Gasteiger partial charge >= 0.3 is 6.18 Å². The second-order valence-corrected chi connectivity index (χ2v) is 10.3. The number of pyridine rings is 1. The minimum atomic E-state index is -4.88. The lowest BCUT2D eigenvalue weighted by Gasteiger charge is -2.32. The summed E-state index contributed by atoms with van der Waals surface area (Å²) in [4.78, 5) is 32.0. The fraction of sp³-hybridized carbons (Fsp3) is 0.500. The summed E-state index contributed by atoms with van der Waals surface area (Å²) in [6.07, 6.45) is -3.69. The zero-order chi connectivity index (χ0) is 28.3. The number of benzene rings is 1. The number of aromatic nitrogens is 1. The van der Waals surface area contributed by atoms with Gasteiger partial charge in [-0.25, -0.2) is 9.37 Å². The van der Waals surface area contributed by atoms with Crippen LogP contribution < -0.4 is 20.3 Å². The first-order valence-corrected chi connectivity index (χ1v) is 12.5. The molecule has 8 nitrogen and oxygen atoms in total. The molecule has 0 aliphatic carbocycles. The minimum absolute atomic E-state index is 0.119. The zero-order valence-electron chi connectivity index (χ0n) is 21.3. The number of alkyl halides is 3. The maximum Gasteiger partial charge on any atom is 0.417 e. The van der Waals surface area contributed by atoms with Gasteiger partial charge in [-0.3, -0.25) is 14.5 Å². The lowest BCUT2D eigenvalue weighted by molar-refractivity contribution is -0.272. The van der Waals surface area contributed by atoms with Gasteiger partial charge in [-0.1, -0.05) is 13.0 Å². The number of amides is 2. The molecule has 5 rings (SSSR count). The van der Waals surface area contributed by atoms with Crippen molar-refractivity contribution in [1.82, 2.24) is 10.3 Å². The third-order valence-corrected chi connectivity index (χ3v) is 8.07. The van der Waals surface area contributed by atoms with Gasteiger partial charge in [0.1, 0.15) is 11.9 Å². The highest BCUT2D eigenvalue weighted by molar-refractivity contribution is 5.99. The van der Waals surface area contributed by atoms with Gasteiger partial charge in [-0.2, -0.15) is 17.6 Å². The van der Waals surface area contributed by atoms with Crippen LogP contribution >= 0.6 is 0 Å². The van der Waals surface area contributed by atoms with Crippen molar-refractivity contribution in [3.05, 3.63) is 47.7 Å². The largest absolute Gasteiger partial charge is 0.493 e. The molecule has 0 spiro atoms. The second kappa shape index (κ2) is 9.70. The fourth-order valence-electron chi connectivity index (χ4n) is 5.76. The number of nitrogens with one attached hydrogen (secondary N) is 2. The molecule has 4 heterocycles. The molecule has 3 aliphatic heterocycles. The number of carbonyl (C=O) groups excluding carboxylic acids is 2. The van der Waals surface area contributed by atoms with Gasteiger partial charge in [0.05, 0.1) is 13.2 Å². The zero-order valence-corrected chi connectivity index (χ0v) is 21.3. The molecule has 2 aromatic rings. The van der Waals surface area contributed by atoms with Gasteiger partial charge in [0, 0.05) is 47.9 Å². The van der Waals surface area contributed by atoms with E-state index in [1.165, 1.54) is 30.2 Å². The number of fused-ring (bicyclic) bond motifs is 2. The van der Waals surface area contributed by atoms with E-state index < -0.39 is 53.0 Å². The Bertz CT molecular complexity index is 1310. The topological polar surface area (TPSA) is 92.8 Å². The van der Waals surface area contributed by atoms with Gasteiger partial charge in [-0.15, -0.1) is 0 Å². The molecule has 210 valence electrons. The Morgan fingerprint density at radius 2 is 2.00 bits per heavy atom. The Morgan fingerprint density at radius 3 is 2.69 bits per heavy atom. The summed E-state index contributed by atoms with van der Waals surface area (Å²) in [5.74, 6) is -6.75. The van der Waals surface area contributed by atoms with E-state index in [4.69, 9.17) is 9.47 Å². The van der Waals surface area contributed by atoms with E-state index in [1.807, 2.05) is 0 Å². The van der Waals surface area contributed by atoms with Crippen LogP contribution in [0.25, 0.3) is 0 Å². The molecule has 0 saturated carbocycles. The number of ether oxygens (including phenoxy) is 2. The van der Waals surface area contributed by atoms with Crippen molar-refractivity contribution in [3.63, 3.8) is 0 Å². The Morgan fingerprint density at radius 1 is 1.26 bits per heavy atom. The molecule has 1 aromatic carbocycles. The van der Waals surface area contributed by atoms with Crippen molar-refractivity contribution >= 4 is 23.3 Å². The van der Waals surface area contributed by atoms with Crippen LogP contribution in [-0.4, -0.2) is 60.4 Å². The Labute approximate surface area is 220 Å². The van der Waals surface area contributed by atoms with Gasteiger partial charge in [0.25, 0.3) is 5.91 Å². The van der Waals surface area contributed by atoms with Crippen LogP contribution in [0.2, 0.25) is 0 Å². The smallest absolute Gasteiger partial charge is 0.417 e. The monoisotopic (exact) mass is 554 g/mol. The first kappa shape index (κ1) is 27.3. The van der Waals surface area contributed by atoms with Crippen molar-refractivity contribution in [2.75, 3.05) is 23.9 Å². The minimum Gasteiger partial charge on any atom is -0.493 e. The normalized spacial score (nSPS) is 30.5. The lowest BCUT2D eigenvalue weighted by atomic mass is 9.77. The number of nitrogens with zero attached hydrogens (tertiary/aromatic N) is 2. The maximum absolute atomic E-state index is 14.5. The molecule has 3 fully saturated rings. The molecule has 1 aromatic heterocycles. The van der Waals surface area contributed by atoms with E-state index in [1.54, 1.807) is 0 Å². The molecule has 2 N–H and O–H groups in total. The van der Waals surface area contributed by atoms with Crippen LogP contribution in [0, 0.1) is 17.6 Å². The summed E-state index contributed by atoms with van der Waals surface area (Å²) >= 11 is 0. The van der Waals surface area contributed by atoms with Crippen molar-refractivity contribution in [2.45, 2.75) is 62.6 Å². The van der Waals surface area contributed by atoms with Crippen LogP contribution in [0.3, 0.4) is 0 Å². The average Bonchev–Trinajstić information content (AvgIpc) is 3.42. The SMILES string of the molecule is COc1c([C@H]2[C@H](C(=O)Nc3ccnc(N4C[C@H]5CC[C@H](N5)C4=O)c3)O[C@@](C)(C(F)(F)F)[C@H]2C)ccc(F)c1F. The standard InChI is InChI=1S/C26H27F5N4O4/c1-12-19(15-5-6-16(27)20(28)21(15)38-3)22(39-25(12,2)26(29,30)31)23(36)34-13-8-9-32-18(10-13)35-11-14-4-7-17(33-14)24(35)37/h5-6,8-10,12,14,17,19,22,33H,4,7,11H2,1-3H3,(H,32,34,36)/t12-,14+,17-,19-,22+,25+/m0/s1. The summed E-state index contributed by atoms with van der Waals surface area (Å²) in [6, 6.07) is 4.55. The van der Waals surface area contributed by atoms with E-state index in [0.29, 0.717) is 13.0 Å². The fourth-order valence-corrected chi connectivity index (χ4v) is 5.76. The molecule has 13 heteroatoms. The van der Waals surface area contributed by atoms with Crippen molar-refractivity contribution < 1.29 is 41.0 Å². The van der Waals surface area contributed by atoms with Crippen molar-refractivity contribution in [3.8, 4) is 5.75 Å². The first-order valence-electron chi connectivity index (χ1n) is 12.5. The molecule has 2 amide bonds. The first-order chi connectivity index (χ1) is 18.4. The average molecular weight is 555 g/mol. The molecular formula is C26H27F5N4O4. The summed E-state index contributed by atoms with van der Waals surface area (Å²) in [6.45, 7) is 2.45. The molecule has 0 radical (unpaired) electrons. The van der Waals surface area contributed by atoms with Crippen molar-refractivity contribution in [1.29, 1.82) is 0 Å². The number of carbonyl (C=O) groups is 2. The summed E-state index contributed by atoms with van der Waals surface area (Å²) in [7, 11) is 1.06. The summed E-state index contributed by atoms with van der Waals surface area (Å²) in [5.41, 5.74) is -2.73. The van der Waals surface area contributed by atoms with E-state index in [9.17, 15) is 31.5 Å². The molecule has 3 aliphatic rings. The molecule has 0 unspecified atom stereocenters. The Hall–Kier alpha value is -3.32.